The molecule has 0 N–H and O–H groups in total. The summed E-state index contributed by atoms with van der Waals surface area (Å²) in [4.78, 5) is 13.8. The Bertz CT molecular complexity index is 344. The van der Waals surface area contributed by atoms with E-state index in [2.05, 4.69) is 27.7 Å². The van der Waals surface area contributed by atoms with Gasteiger partial charge < -0.3 is 4.90 Å². The van der Waals surface area contributed by atoms with E-state index in [1.807, 2.05) is 11.9 Å². The second-order valence-corrected chi connectivity index (χ2v) is 5.38. The summed E-state index contributed by atoms with van der Waals surface area (Å²) in [6.07, 6.45) is 1.98. The van der Waals surface area contributed by atoms with E-state index in [1.165, 1.54) is 11.1 Å². The van der Waals surface area contributed by atoms with Crippen LogP contribution in [0, 0.1) is 5.41 Å². The van der Waals surface area contributed by atoms with Gasteiger partial charge in [-0.05, 0) is 40.5 Å². The van der Waals surface area contributed by atoms with Crippen molar-refractivity contribution in [2.24, 2.45) is 5.41 Å². The summed E-state index contributed by atoms with van der Waals surface area (Å²) in [7, 11) is 1.93. The molecule has 0 unspecified atom stereocenters. The van der Waals surface area contributed by atoms with Crippen molar-refractivity contribution < 1.29 is 4.79 Å². The van der Waals surface area contributed by atoms with Crippen LogP contribution in [0.3, 0.4) is 0 Å². The predicted molar refractivity (Wildman–Crippen MR) is 56.9 cm³/mol. The summed E-state index contributed by atoms with van der Waals surface area (Å²) in [5, 5.41) is 0. The van der Waals surface area contributed by atoms with Gasteiger partial charge >= 0.3 is 0 Å². The molecular formula is C12H19NO. The Kier molecular flexibility index (Phi) is 1.68. The van der Waals surface area contributed by atoms with Gasteiger partial charge in [-0.15, -0.1) is 0 Å². The zero-order valence-corrected chi connectivity index (χ0v) is 9.77. The van der Waals surface area contributed by atoms with Gasteiger partial charge in [0.15, 0.2) is 0 Å². The van der Waals surface area contributed by atoms with Crippen LogP contribution in [-0.2, 0) is 4.79 Å². The first-order valence-electron chi connectivity index (χ1n) is 5.26. The summed E-state index contributed by atoms with van der Waals surface area (Å²) in [6, 6.07) is 0. The molecule has 2 heteroatoms. The number of carbonyl (C=O) groups excluding carboxylic acids is 1. The molecule has 1 amide bonds. The van der Waals surface area contributed by atoms with E-state index in [0.717, 1.165) is 12.8 Å². The van der Waals surface area contributed by atoms with Gasteiger partial charge in [-0.25, -0.2) is 0 Å². The number of carbonyl (C=O) groups is 1. The molecule has 1 fully saturated rings. The van der Waals surface area contributed by atoms with Crippen LogP contribution in [-0.4, -0.2) is 23.4 Å². The van der Waals surface area contributed by atoms with Crippen LogP contribution in [0.25, 0.3) is 0 Å². The Balaban J connectivity index is 2.45. The van der Waals surface area contributed by atoms with Crippen molar-refractivity contribution in [1.82, 2.24) is 4.90 Å². The van der Waals surface area contributed by atoms with Gasteiger partial charge in [-0.3, -0.25) is 4.79 Å². The number of hydrogen-bond donors (Lipinski definition) is 0. The number of fused-ring (bicyclic) bond motifs is 1. The average Bonchev–Trinajstić information content (AvgIpc) is 2.13. The van der Waals surface area contributed by atoms with Crippen LogP contribution >= 0.6 is 0 Å². The monoisotopic (exact) mass is 193 g/mol. The molecule has 0 aromatic heterocycles. The largest absolute Gasteiger partial charge is 0.338 e. The minimum atomic E-state index is -0.134. The highest BCUT2D eigenvalue weighted by Gasteiger charge is 2.65. The van der Waals surface area contributed by atoms with Crippen LogP contribution < -0.4 is 0 Å². The van der Waals surface area contributed by atoms with Gasteiger partial charge in [-0.1, -0.05) is 11.1 Å². The zero-order valence-electron chi connectivity index (χ0n) is 9.77. The third-order valence-electron chi connectivity index (χ3n) is 4.66. The van der Waals surface area contributed by atoms with Crippen LogP contribution in [0.15, 0.2) is 11.1 Å². The first-order valence-corrected chi connectivity index (χ1v) is 5.26. The lowest BCUT2D eigenvalue weighted by Crippen LogP contribution is -2.75. The number of amides is 1. The van der Waals surface area contributed by atoms with Crippen LogP contribution in [0.4, 0.5) is 0 Å². The van der Waals surface area contributed by atoms with Crippen molar-refractivity contribution in [2.45, 2.75) is 46.1 Å². The number of hydrogen-bond acceptors (Lipinski definition) is 1. The van der Waals surface area contributed by atoms with Gasteiger partial charge in [0.2, 0.25) is 5.91 Å². The first kappa shape index (κ1) is 9.75. The molecule has 2 nitrogen and oxygen atoms in total. The lowest BCUT2D eigenvalue weighted by atomic mass is 9.54. The maximum atomic E-state index is 11.9. The number of likely N-dealkylation sites (tertiary alicyclic amines) is 1. The normalized spacial score (nSPS) is 42.4. The van der Waals surface area contributed by atoms with Crippen LogP contribution in [0.5, 0.6) is 0 Å². The van der Waals surface area contributed by atoms with E-state index in [9.17, 15) is 4.79 Å². The number of allylic oxidation sites excluding steroid dienone is 1. The Hall–Kier alpha value is -0.790. The van der Waals surface area contributed by atoms with E-state index < -0.39 is 0 Å². The fourth-order valence-electron chi connectivity index (χ4n) is 3.07. The summed E-state index contributed by atoms with van der Waals surface area (Å²) in [6.45, 7) is 8.68. The Morgan fingerprint density at radius 1 is 1.14 bits per heavy atom. The molecule has 78 valence electrons. The van der Waals surface area contributed by atoms with Gasteiger partial charge in [0.1, 0.15) is 0 Å². The SMILES string of the molecule is CC1=C(C)C[C@]2(C)N(C)C(=O)[C@@]2(C)C1. The molecule has 1 aliphatic carbocycles. The minimum absolute atomic E-state index is 0.0632. The second-order valence-electron chi connectivity index (χ2n) is 5.38. The van der Waals surface area contributed by atoms with E-state index in [0.29, 0.717) is 5.91 Å². The highest BCUT2D eigenvalue weighted by Crippen LogP contribution is 2.57. The first-order chi connectivity index (χ1) is 6.33. The van der Waals surface area contributed by atoms with Crippen molar-refractivity contribution in [2.75, 3.05) is 7.05 Å². The minimum Gasteiger partial charge on any atom is -0.338 e. The summed E-state index contributed by atoms with van der Waals surface area (Å²) in [5.41, 5.74) is 2.80. The van der Waals surface area contributed by atoms with Gasteiger partial charge in [-0.2, -0.15) is 0 Å². The molecule has 2 rings (SSSR count). The Labute approximate surface area is 86.0 Å². The second kappa shape index (κ2) is 2.41. The average molecular weight is 193 g/mol. The molecule has 0 bridgehead atoms. The van der Waals surface area contributed by atoms with E-state index >= 15 is 0 Å². The van der Waals surface area contributed by atoms with Gasteiger partial charge in [0.05, 0.1) is 11.0 Å². The standard InChI is InChI=1S/C12H19NO/c1-8-6-11(3)10(14)13(5)12(11,4)7-9(8)2/h6-7H2,1-5H3/t11-,12+/m1/s1. The van der Waals surface area contributed by atoms with Crippen molar-refractivity contribution in [3.8, 4) is 0 Å². The molecule has 14 heavy (non-hydrogen) atoms. The summed E-state index contributed by atoms with van der Waals surface area (Å²) >= 11 is 0. The number of β-lactam (4-membered cyclic amide) rings is 1. The molecule has 0 saturated carbocycles. The molecular weight excluding hydrogens is 174 g/mol. The molecule has 0 aromatic carbocycles. The number of nitrogens with zero attached hydrogens (tertiary/aromatic N) is 1. The topological polar surface area (TPSA) is 20.3 Å². The van der Waals surface area contributed by atoms with Gasteiger partial charge in [0, 0.05) is 7.05 Å². The van der Waals surface area contributed by atoms with Gasteiger partial charge in [0.25, 0.3) is 0 Å². The molecule has 1 saturated heterocycles. The summed E-state index contributed by atoms with van der Waals surface area (Å²) < 4.78 is 0. The van der Waals surface area contributed by atoms with Crippen LogP contribution in [0.2, 0.25) is 0 Å². The summed E-state index contributed by atoms with van der Waals surface area (Å²) in [5.74, 6) is 0.312. The smallest absolute Gasteiger partial charge is 0.231 e. The fourth-order valence-corrected chi connectivity index (χ4v) is 3.07. The third kappa shape index (κ3) is 0.800. The molecule has 0 radical (unpaired) electrons. The lowest BCUT2D eigenvalue weighted by molar-refractivity contribution is -0.185. The Morgan fingerprint density at radius 3 is 2.21 bits per heavy atom. The molecule has 0 spiro atoms. The third-order valence-corrected chi connectivity index (χ3v) is 4.66. The predicted octanol–water partition coefficient (Wildman–Crippen LogP) is 2.35. The lowest BCUT2D eigenvalue weighted by Gasteiger charge is -2.64. The van der Waals surface area contributed by atoms with E-state index in [-0.39, 0.29) is 11.0 Å². The van der Waals surface area contributed by atoms with Crippen molar-refractivity contribution in [1.29, 1.82) is 0 Å². The van der Waals surface area contributed by atoms with Crippen molar-refractivity contribution in [3.05, 3.63) is 11.1 Å². The van der Waals surface area contributed by atoms with Crippen LogP contribution in [0.1, 0.15) is 40.5 Å². The molecule has 0 aromatic rings. The zero-order chi connectivity index (χ0) is 10.7. The van der Waals surface area contributed by atoms with E-state index in [4.69, 9.17) is 0 Å². The molecule has 1 heterocycles. The highest BCUT2D eigenvalue weighted by molar-refractivity contribution is 5.92. The van der Waals surface area contributed by atoms with Crippen molar-refractivity contribution >= 4 is 5.91 Å². The Morgan fingerprint density at radius 2 is 1.64 bits per heavy atom. The van der Waals surface area contributed by atoms with Crippen molar-refractivity contribution in [3.63, 3.8) is 0 Å². The molecule has 1 aliphatic heterocycles. The number of rotatable bonds is 0. The quantitative estimate of drug-likeness (QED) is 0.427. The highest BCUT2D eigenvalue weighted by atomic mass is 16.2. The molecule has 2 aliphatic rings. The fraction of sp³-hybridized carbons (Fsp3) is 0.750. The van der Waals surface area contributed by atoms with E-state index in [1.54, 1.807) is 0 Å². The molecule has 2 atom stereocenters. The maximum Gasteiger partial charge on any atom is 0.231 e. The maximum absolute atomic E-state index is 11.9.